The topological polar surface area (TPSA) is 26.3 Å². The van der Waals surface area contributed by atoms with E-state index in [1.165, 1.54) is 31.3 Å². The van der Waals surface area contributed by atoms with Crippen LogP contribution in [0.1, 0.15) is 79.6 Å². The van der Waals surface area contributed by atoms with E-state index in [0.717, 1.165) is 19.1 Å². The highest BCUT2D eigenvalue weighted by atomic mass is 16.5. The third-order valence-electron chi connectivity index (χ3n) is 7.39. The first-order valence-electron chi connectivity index (χ1n) is 9.00. The van der Waals surface area contributed by atoms with E-state index >= 15 is 0 Å². The minimum atomic E-state index is -0.274. The van der Waals surface area contributed by atoms with E-state index in [4.69, 9.17) is 4.74 Å². The molecule has 3 aliphatic rings. The van der Waals surface area contributed by atoms with E-state index in [2.05, 4.69) is 40.7 Å². The molecule has 0 unspecified atom stereocenters. The summed E-state index contributed by atoms with van der Waals surface area (Å²) in [6, 6.07) is 0. The molecule has 22 heavy (non-hydrogen) atoms. The van der Waals surface area contributed by atoms with Crippen LogP contribution in [0.15, 0.2) is 11.6 Å². The summed E-state index contributed by atoms with van der Waals surface area (Å²) in [6.07, 6.45) is 11.1. The first-order valence-corrected chi connectivity index (χ1v) is 9.00. The molecule has 0 amide bonds. The molecule has 1 saturated heterocycles. The van der Waals surface area contributed by atoms with Crippen LogP contribution in [0.5, 0.6) is 0 Å². The molecule has 124 valence electrons. The molecule has 0 N–H and O–H groups in total. The minimum absolute atomic E-state index is 0.147. The van der Waals surface area contributed by atoms with Crippen LogP contribution in [0.2, 0.25) is 0 Å². The molecule has 1 spiro atoms. The van der Waals surface area contributed by atoms with Gasteiger partial charge in [-0.25, -0.2) is 0 Å². The number of hydrogen-bond donors (Lipinski definition) is 0. The van der Waals surface area contributed by atoms with Gasteiger partial charge in [-0.2, -0.15) is 0 Å². The van der Waals surface area contributed by atoms with Crippen molar-refractivity contribution < 1.29 is 9.53 Å². The molecule has 2 nitrogen and oxygen atoms in total. The standard InChI is InChI=1S/C20H32O2/c1-15-7-8-16-17(2,3)9-6-10-19(16,5)20(15)12-11-18(4,22-20)13-14-21/h7,14,16H,6,8-13H2,1-5H3/t16-,18-,19-,20+/m0/s1. The van der Waals surface area contributed by atoms with E-state index < -0.39 is 0 Å². The minimum Gasteiger partial charge on any atom is -0.363 e. The summed E-state index contributed by atoms with van der Waals surface area (Å²) >= 11 is 0. The first-order chi connectivity index (χ1) is 10.2. The van der Waals surface area contributed by atoms with Crippen molar-refractivity contribution in [3.05, 3.63) is 11.6 Å². The molecule has 0 bridgehead atoms. The zero-order chi connectivity index (χ0) is 16.2. The summed E-state index contributed by atoms with van der Waals surface area (Å²) in [6.45, 7) is 11.7. The largest absolute Gasteiger partial charge is 0.363 e. The van der Waals surface area contributed by atoms with Gasteiger partial charge in [0.05, 0.1) is 11.2 Å². The highest BCUT2D eigenvalue weighted by Gasteiger charge is 2.64. The Labute approximate surface area is 135 Å². The van der Waals surface area contributed by atoms with Gasteiger partial charge >= 0.3 is 0 Å². The summed E-state index contributed by atoms with van der Waals surface area (Å²) in [4.78, 5) is 11.1. The van der Waals surface area contributed by atoms with Crippen molar-refractivity contribution in [2.75, 3.05) is 0 Å². The Hall–Kier alpha value is -0.630. The van der Waals surface area contributed by atoms with Crippen LogP contribution in [0.25, 0.3) is 0 Å². The lowest BCUT2D eigenvalue weighted by atomic mass is 9.46. The number of allylic oxidation sites excluding steroid dienone is 1. The molecular formula is C20H32O2. The smallest absolute Gasteiger partial charge is 0.122 e. The number of hydrogen-bond acceptors (Lipinski definition) is 2. The van der Waals surface area contributed by atoms with Crippen LogP contribution in [-0.4, -0.2) is 17.5 Å². The SMILES string of the molecule is CC1=CC[C@H]2C(C)(C)CCC[C@]2(C)[C@@]12CC[C@@](C)(CC=O)O2. The molecule has 2 heteroatoms. The number of aldehydes is 1. The van der Waals surface area contributed by atoms with E-state index in [0.29, 0.717) is 17.8 Å². The molecule has 1 heterocycles. The van der Waals surface area contributed by atoms with E-state index in [1.54, 1.807) is 0 Å². The molecule has 1 saturated carbocycles. The average molecular weight is 304 g/mol. The van der Waals surface area contributed by atoms with Crippen molar-refractivity contribution in [3.8, 4) is 0 Å². The van der Waals surface area contributed by atoms with Gasteiger partial charge < -0.3 is 9.53 Å². The summed E-state index contributed by atoms with van der Waals surface area (Å²) < 4.78 is 6.80. The van der Waals surface area contributed by atoms with E-state index in [1.807, 2.05) is 0 Å². The molecule has 0 radical (unpaired) electrons. The number of rotatable bonds is 2. The van der Waals surface area contributed by atoms with Gasteiger partial charge in [-0.15, -0.1) is 0 Å². The lowest BCUT2D eigenvalue weighted by molar-refractivity contribution is -0.189. The number of fused-ring (bicyclic) bond motifs is 2. The van der Waals surface area contributed by atoms with Crippen molar-refractivity contribution in [3.63, 3.8) is 0 Å². The van der Waals surface area contributed by atoms with Gasteiger partial charge in [0.25, 0.3) is 0 Å². The zero-order valence-corrected chi connectivity index (χ0v) is 15.0. The van der Waals surface area contributed by atoms with Gasteiger partial charge in [-0.1, -0.05) is 33.3 Å². The molecule has 2 aliphatic carbocycles. The van der Waals surface area contributed by atoms with Crippen LogP contribution in [0, 0.1) is 16.7 Å². The van der Waals surface area contributed by atoms with Crippen LogP contribution < -0.4 is 0 Å². The average Bonchev–Trinajstić information content (AvgIpc) is 2.76. The Morgan fingerprint density at radius 1 is 1.18 bits per heavy atom. The van der Waals surface area contributed by atoms with Gasteiger partial charge in [0.2, 0.25) is 0 Å². The second-order valence-electron chi connectivity index (χ2n) is 9.18. The van der Waals surface area contributed by atoms with Gasteiger partial charge in [-0.3, -0.25) is 0 Å². The number of ether oxygens (including phenoxy) is 1. The highest BCUT2D eigenvalue weighted by molar-refractivity contribution is 5.51. The van der Waals surface area contributed by atoms with Crippen molar-refractivity contribution in [2.24, 2.45) is 16.7 Å². The maximum absolute atomic E-state index is 11.1. The maximum atomic E-state index is 11.1. The van der Waals surface area contributed by atoms with E-state index in [9.17, 15) is 4.79 Å². The van der Waals surface area contributed by atoms with Gasteiger partial charge in [0.15, 0.2) is 0 Å². The Kier molecular flexibility index (Phi) is 3.64. The third-order valence-corrected chi connectivity index (χ3v) is 7.39. The molecule has 0 aromatic carbocycles. The lowest BCUT2D eigenvalue weighted by Gasteiger charge is -2.61. The first kappa shape index (κ1) is 16.2. The van der Waals surface area contributed by atoms with Crippen molar-refractivity contribution >= 4 is 6.29 Å². The predicted molar refractivity (Wildman–Crippen MR) is 89.7 cm³/mol. The van der Waals surface area contributed by atoms with E-state index in [-0.39, 0.29) is 16.6 Å². The predicted octanol–water partition coefficient (Wildman–Crippen LogP) is 5.07. The molecule has 2 fully saturated rings. The monoisotopic (exact) mass is 304 g/mol. The van der Waals surface area contributed by atoms with Gasteiger partial charge in [0, 0.05) is 11.8 Å². The second-order valence-corrected chi connectivity index (χ2v) is 9.18. The summed E-state index contributed by atoms with van der Waals surface area (Å²) in [7, 11) is 0. The normalized spacial score (nSPS) is 47.1. The molecule has 0 aromatic rings. The van der Waals surface area contributed by atoms with Gasteiger partial charge in [0.1, 0.15) is 6.29 Å². The molecule has 3 rings (SSSR count). The summed E-state index contributed by atoms with van der Waals surface area (Å²) in [5.41, 5.74) is 1.58. The Balaban J connectivity index is 2.04. The fourth-order valence-corrected chi connectivity index (χ4v) is 6.06. The van der Waals surface area contributed by atoms with Crippen LogP contribution in [0.4, 0.5) is 0 Å². The highest BCUT2D eigenvalue weighted by Crippen LogP contribution is 2.66. The number of carbonyl (C=O) groups excluding carboxylic acids is 1. The van der Waals surface area contributed by atoms with Gasteiger partial charge in [-0.05, 0) is 62.9 Å². The lowest BCUT2D eigenvalue weighted by Crippen LogP contribution is -2.59. The van der Waals surface area contributed by atoms with Crippen LogP contribution >= 0.6 is 0 Å². The number of carbonyl (C=O) groups is 1. The van der Waals surface area contributed by atoms with Crippen molar-refractivity contribution in [1.29, 1.82) is 0 Å². The Morgan fingerprint density at radius 3 is 2.59 bits per heavy atom. The Morgan fingerprint density at radius 2 is 1.91 bits per heavy atom. The zero-order valence-electron chi connectivity index (χ0n) is 15.0. The fourth-order valence-electron chi connectivity index (χ4n) is 6.06. The maximum Gasteiger partial charge on any atom is 0.122 e. The second kappa shape index (κ2) is 4.93. The quantitative estimate of drug-likeness (QED) is 0.526. The fraction of sp³-hybridized carbons (Fsp3) is 0.850. The molecule has 1 aliphatic heterocycles. The van der Waals surface area contributed by atoms with Crippen LogP contribution in [-0.2, 0) is 9.53 Å². The summed E-state index contributed by atoms with van der Waals surface area (Å²) in [5.74, 6) is 0.677. The molecule has 4 atom stereocenters. The third kappa shape index (κ3) is 2.06. The molecule has 0 aromatic heterocycles. The summed E-state index contributed by atoms with van der Waals surface area (Å²) in [5, 5.41) is 0. The van der Waals surface area contributed by atoms with Crippen molar-refractivity contribution in [1.82, 2.24) is 0 Å². The van der Waals surface area contributed by atoms with Crippen LogP contribution in [0.3, 0.4) is 0 Å². The van der Waals surface area contributed by atoms with Crippen molar-refractivity contribution in [2.45, 2.75) is 90.8 Å². The Bertz CT molecular complexity index is 506. The molecular weight excluding hydrogens is 272 g/mol.